The van der Waals surface area contributed by atoms with Crippen molar-refractivity contribution in [3.05, 3.63) is 59.6 Å². The standard InChI is InChI=1S/C17H18N4OS/c1-12(9-21-7-6-18-11-21)19-16(22)14-4-3-5-15(8-14)17-20-13(2)10-23-17/h3-8,10-12H,9H2,1-2H3,(H,19,22)/t12-/m1/s1. The fourth-order valence-electron chi connectivity index (χ4n) is 2.34. The summed E-state index contributed by atoms with van der Waals surface area (Å²) in [7, 11) is 0. The summed E-state index contributed by atoms with van der Waals surface area (Å²) in [6.07, 6.45) is 5.36. The minimum absolute atomic E-state index is 0.0162. The number of benzene rings is 1. The lowest BCUT2D eigenvalue weighted by Crippen LogP contribution is -2.35. The Bertz CT molecular complexity index is 795. The molecule has 0 aliphatic rings. The van der Waals surface area contributed by atoms with Crippen LogP contribution in [0.2, 0.25) is 0 Å². The predicted octanol–water partition coefficient (Wildman–Crippen LogP) is 3.13. The molecule has 1 atom stereocenters. The summed E-state index contributed by atoms with van der Waals surface area (Å²) in [5, 5.41) is 5.96. The molecule has 118 valence electrons. The average Bonchev–Trinajstić information content (AvgIpc) is 3.19. The van der Waals surface area contributed by atoms with Gasteiger partial charge < -0.3 is 9.88 Å². The number of hydrogen-bond acceptors (Lipinski definition) is 4. The zero-order valence-electron chi connectivity index (χ0n) is 13.1. The van der Waals surface area contributed by atoms with Crippen molar-refractivity contribution in [1.82, 2.24) is 19.9 Å². The topological polar surface area (TPSA) is 59.8 Å². The molecular weight excluding hydrogens is 308 g/mol. The minimum atomic E-state index is -0.0762. The number of thiazole rings is 1. The van der Waals surface area contributed by atoms with Gasteiger partial charge in [0.05, 0.1) is 6.33 Å². The number of aryl methyl sites for hydroxylation is 1. The Labute approximate surface area is 139 Å². The lowest BCUT2D eigenvalue weighted by molar-refractivity contribution is 0.0936. The molecular formula is C17H18N4OS. The largest absolute Gasteiger partial charge is 0.348 e. The van der Waals surface area contributed by atoms with Gasteiger partial charge in [0.25, 0.3) is 5.91 Å². The summed E-state index contributed by atoms with van der Waals surface area (Å²) in [4.78, 5) is 20.9. The molecule has 0 fully saturated rings. The van der Waals surface area contributed by atoms with Crippen LogP contribution in [0, 0.1) is 6.92 Å². The van der Waals surface area contributed by atoms with Gasteiger partial charge in [-0.05, 0) is 26.0 Å². The van der Waals surface area contributed by atoms with E-state index < -0.39 is 0 Å². The number of carbonyl (C=O) groups excluding carboxylic acids is 1. The van der Waals surface area contributed by atoms with Crippen LogP contribution in [0.25, 0.3) is 10.6 Å². The van der Waals surface area contributed by atoms with Crippen LogP contribution in [-0.2, 0) is 6.54 Å². The van der Waals surface area contributed by atoms with Crippen LogP contribution in [0.1, 0.15) is 23.0 Å². The fourth-order valence-corrected chi connectivity index (χ4v) is 3.14. The van der Waals surface area contributed by atoms with Gasteiger partial charge in [-0.2, -0.15) is 0 Å². The second-order valence-corrected chi connectivity index (χ2v) is 6.37. The highest BCUT2D eigenvalue weighted by atomic mass is 32.1. The van der Waals surface area contributed by atoms with E-state index in [1.165, 1.54) is 0 Å². The summed E-state index contributed by atoms with van der Waals surface area (Å²) >= 11 is 1.59. The van der Waals surface area contributed by atoms with Crippen molar-refractivity contribution in [2.24, 2.45) is 0 Å². The molecule has 23 heavy (non-hydrogen) atoms. The lowest BCUT2D eigenvalue weighted by atomic mass is 10.1. The summed E-state index contributed by atoms with van der Waals surface area (Å²) in [5.41, 5.74) is 2.61. The molecule has 3 rings (SSSR count). The van der Waals surface area contributed by atoms with E-state index in [0.717, 1.165) is 16.3 Å². The third-order valence-electron chi connectivity index (χ3n) is 3.41. The molecule has 6 heteroatoms. The quantitative estimate of drug-likeness (QED) is 0.783. The van der Waals surface area contributed by atoms with Gasteiger partial charge in [0, 0.05) is 47.2 Å². The molecule has 0 saturated heterocycles. The zero-order chi connectivity index (χ0) is 16.2. The van der Waals surface area contributed by atoms with Crippen LogP contribution < -0.4 is 5.32 Å². The minimum Gasteiger partial charge on any atom is -0.348 e. The van der Waals surface area contributed by atoms with Gasteiger partial charge >= 0.3 is 0 Å². The Balaban J connectivity index is 1.70. The molecule has 0 radical (unpaired) electrons. The first-order valence-corrected chi connectivity index (χ1v) is 8.29. The normalized spacial score (nSPS) is 12.1. The van der Waals surface area contributed by atoms with E-state index in [2.05, 4.69) is 15.3 Å². The Morgan fingerprint density at radius 1 is 1.43 bits per heavy atom. The first-order valence-electron chi connectivity index (χ1n) is 7.41. The third-order valence-corrected chi connectivity index (χ3v) is 4.42. The van der Waals surface area contributed by atoms with E-state index in [-0.39, 0.29) is 11.9 Å². The van der Waals surface area contributed by atoms with Gasteiger partial charge in [-0.1, -0.05) is 12.1 Å². The van der Waals surface area contributed by atoms with E-state index in [1.807, 2.05) is 54.3 Å². The van der Waals surface area contributed by atoms with Crippen LogP contribution in [0.3, 0.4) is 0 Å². The van der Waals surface area contributed by atoms with Crippen LogP contribution in [0.15, 0.2) is 48.4 Å². The first kappa shape index (κ1) is 15.4. The molecule has 0 spiro atoms. The molecule has 1 amide bonds. The maximum absolute atomic E-state index is 12.4. The van der Waals surface area contributed by atoms with Crippen molar-refractivity contribution < 1.29 is 4.79 Å². The predicted molar refractivity (Wildman–Crippen MR) is 91.4 cm³/mol. The molecule has 0 unspecified atom stereocenters. The smallest absolute Gasteiger partial charge is 0.251 e. The number of nitrogens with one attached hydrogen (secondary N) is 1. The van der Waals surface area contributed by atoms with Crippen LogP contribution >= 0.6 is 11.3 Å². The van der Waals surface area contributed by atoms with E-state index in [9.17, 15) is 4.79 Å². The van der Waals surface area contributed by atoms with Gasteiger partial charge in [-0.25, -0.2) is 9.97 Å². The molecule has 2 heterocycles. The van der Waals surface area contributed by atoms with Gasteiger partial charge in [0.1, 0.15) is 5.01 Å². The number of hydrogen-bond donors (Lipinski definition) is 1. The van der Waals surface area contributed by atoms with Crippen molar-refractivity contribution >= 4 is 17.2 Å². The average molecular weight is 326 g/mol. The van der Waals surface area contributed by atoms with Crippen LogP contribution in [0.5, 0.6) is 0 Å². The highest BCUT2D eigenvalue weighted by Gasteiger charge is 2.12. The van der Waals surface area contributed by atoms with Gasteiger partial charge in [0.15, 0.2) is 0 Å². The van der Waals surface area contributed by atoms with Crippen molar-refractivity contribution in [3.63, 3.8) is 0 Å². The van der Waals surface area contributed by atoms with E-state index in [1.54, 1.807) is 23.9 Å². The molecule has 2 aromatic heterocycles. The fraction of sp³-hybridized carbons (Fsp3) is 0.235. The molecule has 0 aliphatic heterocycles. The third kappa shape index (κ3) is 3.84. The summed E-state index contributed by atoms with van der Waals surface area (Å²) in [5.74, 6) is -0.0762. The first-order chi connectivity index (χ1) is 11.1. The number of amides is 1. The van der Waals surface area contributed by atoms with Crippen molar-refractivity contribution in [3.8, 4) is 10.6 Å². The molecule has 5 nitrogen and oxygen atoms in total. The van der Waals surface area contributed by atoms with Gasteiger partial charge in [-0.15, -0.1) is 11.3 Å². The maximum atomic E-state index is 12.4. The lowest BCUT2D eigenvalue weighted by Gasteiger charge is -2.14. The Morgan fingerprint density at radius 3 is 3.00 bits per heavy atom. The van der Waals surface area contributed by atoms with Crippen LogP contribution in [0.4, 0.5) is 0 Å². The summed E-state index contributed by atoms with van der Waals surface area (Å²) in [6.45, 7) is 4.64. The zero-order valence-corrected chi connectivity index (χ0v) is 13.9. The van der Waals surface area contributed by atoms with Crippen molar-refractivity contribution in [2.75, 3.05) is 0 Å². The summed E-state index contributed by atoms with van der Waals surface area (Å²) in [6, 6.07) is 7.59. The second kappa shape index (κ2) is 6.75. The van der Waals surface area contributed by atoms with E-state index in [4.69, 9.17) is 0 Å². The molecule has 0 aliphatic carbocycles. The number of carbonyl (C=O) groups is 1. The molecule has 3 aromatic rings. The monoisotopic (exact) mass is 326 g/mol. The van der Waals surface area contributed by atoms with E-state index in [0.29, 0.717) is 12.1 Å². The Hall–Kier alpha value is -2.47. The summed E-state index contributed by atoms with van der Waals surface area (Å²) < 4.78 is 1.94. The number of nitrogens with zero attached hydrogens (tertiary/aromatic N) is 3. The van der Waals surface area contributed by atoms with E-state index >= 15 is 0 Å². The van der Waals surface area contributed by atoms with Crippen molar-refractivity contribution in [2.45, 2.75) is 26.4 Å². The number of aromatic nitrogens is 3. The SMILES string of the molecule is Cc1csc(-c2cccc(C(=O)N[C@H](C)Cn3ccnc3)c2)n1. The van der Waals surface area contributed by atoms with Crippen molar-refractivity contribution in [1.29, 1.82) is 0 Å². The van der Waals surface area contributed by atoms with Crippen LogP contribution in [-0.4, -0.2) is 26.5 Å². The maximum Gasteiger partial charge on any atom is 0.251 e. The highest BCUT2D eigenvalue weighted by Crippen LogP contribution is 2.24. The van der Waals surface area contributed by atoms with Gasteiger partial charge in [0.2, 0.25) is 0 Å². The number of imidazole rings is 1. The number of rotatable bonds is 5. The molecule has 1 N–H and O–H groups in total. The Kier molecular flexibility index (Phi) is 4.52. The molecule has 0 saturated carbocycles. The molecule has 0 bridgehead atoms. The van der Waals surface area contributed by atoms with Gasteiger partial charge in [-0.3, -0.25) is 4.79 Å². The molecule has 1 aromatic carbocycles. The second-order valence-electron chi connectivity index (χ2n) is 5.51. The Morgan fingerprint density at radius 2 is 2.30 bits per heavy atom. The highest BCUT2D eigenvalue weighted by molar-refractivity contribution is 7.13.